The Morgan fingerprint density at radius 1 is 0.704 bits per heavy atom. The van der Waals surface area contributed by atoms with Gasteiger partial charge in [-0.05, 0) is 40.8 Å². The van der Waals surface area contributed by atoms with Gasteiger partial charge in [-0.2, -0.15) is 8.78 Å². The molecule has 4 heteroatoms. The summed E-state index contributed by atoms with van der Waals surface area (Å²) in [6.07, 6.45) is 2.21. The minimum atomic E-state index is -1.04. The monoisotopic (exact) mass is 368 g/mol. The maximum atomic E-state index is 13.9. The van der Waals surface area contributed by atoms with E-state index in [0.29, 0.717) is 0 Å². The first kappa shape index (κ1) is 18.9. The quantitative estimate of drug-likeness (QED) is 0.496. The van der Waals surface area contributed by atoms with Gasteiger partial charge in [0.05, 0.1) is 7.11 Å². The van der Waals surface area contributed by atoms with Gasteiger partial charge in [0.2, 0.25) is 11.6 Å². The average molecular weight is 368 g/mol. The van der Waals surface area contributed by atoms with Crippen molar-refractivity contribution in [2.75, 3.05) is 7.11 Å². The number of rotatable bonds is 7. The van der Waals surface area contributed by atoms with Crippen LogP contribution in [-0.2, 0) is 13.0 Å². The molecule has 2 nitrogen and oxygen atoms in total. The van der Waals surface area contributed by atoms with E-state index >= 15 is 0 Å². The van der Waals surface area contributed by atoms with Gasteiger partial charge in [-0.15, -0.1) is 0 Å². The molecule has 3 rings (SSSR count). The van der Waals surface area contributed by atoms with Crippen molar-refractivity contribution in [3.63, 3.8) is 0 Å². The van der Waals surface area contributed by atoms with Crippen LogP contribution in [0.2, 0.25) is 0 Å². The normalized spacial score (nSPS) is 10.7. The molecule has 0 aliphatic heterocycles. The Morgan fingerprint density at radius 3 is 1.78 bits per heavy atom. The average Bonchev–Trinajstić information content (AvgIpc) is 2.70. The van der Waals surface area contributed by atoms with Crippen LogP contribution in [0.1, 0.15) is 24.5 Å². The lowest BCUT2D eigenvalue weighted by Gasteiger charge is -2.10. The van der Waals surface area contributed by atoms with E-state index < -0.39 is 11.6 Å². The fourth-order valence-electron chi connectivity index (χ4n) is 2.89. The molecular formula is C23H22F2O2. The Kier molecular flexibility index (Phi) is 6.07. The first-order chi connectivity index (χ1) is 13.1. The highest BCUT2D eigenvalue weighted by Gasteiger charge is 2.15. The summed E-state index contributed by atoms with van der Waals surface area (Å²) < 4.78 is 37.8. The summed E-state index contributed by atoms with van der Waals surface area (Å²) in [7, 11) is 1.29. The van der Waals surface area contributed by atoms with Gasteiger partial charge in [-0.1, -0.05) is 61.9 Å². The number of hydrogen-bond acceptors (Lipinski definition) is 2. The Balaban J connectivity index is 1.67. The lowest BCUT2D eigenvalue weighted by Crippen LogP contribution is -2.00. The standard InChI is InChI=1S/C23H22F2O2/c1-3-4-16-5-9-18(10-6-16)19-11-7-17(8-12-19)15-27-21-14-13-20(26-2)22(24)23(21)25/h5-14H,3-4,15H2,1-2H3. The van der Waals surface area contributed by atoms with Crippen LogP contribution in [0.5, 0.6) is 11.5 Å². The van der Waals surface area contributed by atoms with E-state index in [1.165, 1.54) is 24.8 Å². The number of methoxy groups -OCH3 is 1. The van der Waals surface area contributed by atoms with E-state index in [0.717, 1.165) is 29.5 Å². The van der Waals surface area contributed by atoms with Crippen LogP contribution in [0, 0.1) is 11.6 Å². The molecule has 0 bridgehead atoms. The Morgan fingerprint density at radius 2 is 1.22 bits per heavy atom. The van der Waals surface area contributed by atoms with Crippen LogP contribution in [0.3, 0.4) is 0 Å². The molecule has 0 spiro atoms. The maximum absolute atomic E-state index is 13.9. The lowest BCUT2D eigenvalue weighted by atomic mass is 10.0. The molecule has 3 aromatic rings. The second-order valence-electron chi connectivity index (χ2n) is 6.33. The molecule has 0 amide bonds. The number of halogens is 2. The zero-order valence-corrected chi connectivity index (χ0v) is 15.5. The highest BCUT2D eigenvalue weighted by molar-refractivity contribution is 5.64. The number of ether oxygens (including phenoxy) is 2. The third-order valence-electron chi connectivity index (χ3n) is 4.41. The molecular weight excluding hydrogens is 346 g/mol. The molecule has 0 atom stereocenters. The van der Waals surface area contributed by atoms with E-state index in [9.17, 15) is 8.78 Å². The molecule has 140 valence electrons. The predicted octanol–water partition coefficient (Wildman–Crippen LogP) is 6.17. The SMILES string of the molecule is CCCc1ccc(-c2ccc(COc3ccc(OC)c(F)c3F)cc2)cc1. The third-order valence-corrected chi connectivity index (χ3v) is 4.41. The van der Waals surface area contributed by atoms with Gasteiger partial charge in [0.25, 0.3) is 0 Å². The summed E-state index contributed by atoms with van der Waals surface area (Å²) in [5.74, 6) is -2.37. The molecule has 0 saturated heterocycles. The van der Waals surface area contributed by atoms with Crippen LogP contribution < -0.4 is 9.47 Å². The molecule has 0 aliphatic rings. The highest BCUT2D eigenvalue weighted by atomic mass is 19.2. The summed E-state index contributed by atoms with van der Waals surface area (Å²) >= 11 is 0. The van der Waals surface area contributed by atoms with Gasteiger partial charge in [-0.25, -0.2) is 0 Å². The molecule has 0 N–H and O–H groups in total. The fourth-order valence-corrected chi connectivity index (χ4v) is 2.89. The van der Waals surface area contributed by atoms with E-state index in [-0.39, 0.29) is 18.1 Å². The van der Waals surface area contributed by atoms with E-state index in [1.807, 2.05) is 24.3 Å². The molecule has 27 heavy (non-hydrogen) atoms. The molecule has 0 radical (unpaired) electrons. The van der Waals surface area contributed by atoms with E-state index in [4.69, 9.17) is 9.47 Å². The smallest absolute Gasteiger partial charge is 0.204 e. The summed E-state index contributed by atoms with van der Waals surface area (Å²) in [5.41, 5.74) is 4.45. The first-order valence-electron chi connectivity index (χ1n) is 8.95. The molecule has 0 aliphatic carbocycles. The molecule has 0 unspecified atom stereocenters. The molecule has 3 aromatic carbocycles. The number of benzene rings is 3. The summed E-state index contributed by atoms with van der Waals surface area (Å²) in [6.45, 7) is 2.32. The third kappa shape index (κ3) is 4.45. The Bertz CT molecular complexity index is 888. The molecule has 0 aromatic heterocycles. The van der Waals surface area contributed by atoms with Crippen molar-refractivity contribution < 1.29 is 18.3 Å². The maximum Gasteiger partial charge on any atom is 0.204 e. The predicted molar refractivity (Wildman–Crippen MR) is 103 cm³/mol. The zero-order valence-electron chi connectivity index (χ0n) is 15.5. The lowest BCUT2D eigenvalue weighted by molar-refractivity contribution is 0.280. The zero-order chi connectivity index (χ0) is 19.2. The van der Waals surface area contributed by atoms with Gasteiger partial charge in [-0.3, -0.25) is 0 Å². The molecule has 0 heterocycles. The number of hydrogen-bond donors (Lipinski definition) is 0. The van der Waals surface area contributed by atoms with Crippen molar-refractivity contribution >= 4 is 0 Å². The fraction of sp³-hybridized carbons (Fsp3) is 0.217. The van der Waals surface area contributed by atoms with Crippen molar-refractivity contribution in [2.45, 2.75) is 26.4 Å². The van der Waals surface area contributed by atoms with Crippen LogP contribution in [0.4, 0.5) is 8.78 Å². The Labute approximate surface area is 158 Å². The van der Waals surface area contributed by atoms with Crippen molar-refractivity contribution in [1.29, 1.82) is 0 Å². The van der Waals surface area contributed by atoms with Crippen LogP contribution in [0.25, 0.3) is 11.1 Å². The molecule has 0 saturated carbocycles. The van der Waals surface area contributed by atoms with E-state index in [2.05, 4.69) is 31.2 Å². The topological polar surface area (TPSA) is 18.5 Å². The first-order valence-corrected chi connectivity index (χ1v) is 8.95. The summed E-state index contributed by atoms with van der Waals surface area (Å²) in [4.78, 5) is 0. The highest BCUT2D eigenvalue weighted by Crippen LogP contribution is 2.28. The number of aryl methyl sites for hydroxylation is 1. The van der Waals surface area contributed by atoms with Crippen molar-refractivity contribution in [1.82, 2.24) is 0 Å². The minimum Gasteiger partial charge on any atom is -0.494 e. The van der Waals surface area contributed by atoms with Crippen molar-refractivity contribution in [3.05, 3.63) is 83.4 Å². The van der Waals surface area contributed by atoms with Crippen molar-refractivity contribution in [2.24, 2.45) is 0 Å². The largest absolute Gasteiger partial charge is 0.494 e. The second kappa shape index (κ2) is 8.67. The van der Waals surface area contributed by atoms with Gasteiger partial charge < -0.3 is 9.47 Å². The second-order valence-corrected chi connectivity index (χ2v) is 6.33. The Hall–Kier alpha value is -2.88. The van der Waals surface area contributed by atoms with Crippen LogP contribution in [-0.4, -0.2) is 7.11 Å². The molecule has 0 fully saturated rings. The van der Waals surface area contributed by atoms with Crippen molar-refractivity contribution in [3.8, 4) is 22.6 Å². The van der Waals surface area contributed by atoms with Crippen LogP contribution >= 0.6 is 0 Å². The van der Waals surface area contributed by atoms with Crippen LogP contribution in [0.15, 0.2) is 60.7 Å². The van der Waals surface area contributed by atoms with Gasteiger partial charge in [0, 0.05) is 0 Å². The summed E-state index contributed by atoms with van der Waals surface area (Å²) in [5, 5.41) is 0. The summed E-state index contributed by atoms with van der Waals surface area (Å²) in [6, 6.07) is 19.1. The van der Waals surface area contributed by atoms with Gasteiger partial charge in [0.15, 0.2) is 11.5 Å². The van der Waals surface area contributed by atoms with Gasteiger partial charge >= 0.3 is 0 Å². The van der Waals surface area contributed by atoms with Gasteiger partial charge in [0.1, 0.15) is 6.61 Å². The van der Waals surface area contributed by atoms with E-state index in [1.54, 1.807) is 0 Å². The minimum absolute atomic E-state index is 0.135.